The van der Waals surface area contributed by atoms with E-state index in [9.17, 15) is 32.3 Å². The second-order valence-corrected chi connectivity index (χ2v) is 9.80. The first-order chi connectivity index (χ1) is 19.4. The molecule has 2 atom stereocenters. The zero-order valence-corrected chi connectivity index (χ0v) is 24.1. The molecule has 11 heteroatoms. The van der Waals surface area contributed by atoms with Crippen molar-refractivity contribution in [3.8, 4) is 0 Å². The molecule has 0 aliphatic carbocycles. The van der Waals surface area contributed by atoms with Gasteiger partial charge in [0.2, 0.25) is 23.6 Å². The van der Waals surface area contributed by atoms with Gasteiger partial charge in [-0.15, -0.1) is 0 Å². The number of anilines is 2. The molecule has 2 fully saturated rings. The summed E-state index contributed by atoms with van der Waals surface area (Å²) >= 11 is 0. The van der Waals surface area contributed by atoms with E-state index in [0.717, 1.165) is 18.2 Å². The van der Waals surface area contributed by atoms with Crippen LogP contribution in [-0.2, 0) is 31.8 Å². The SMILES string of the molecule is CC.CC(C)c1ccc(NC2CCC(=O)NC2=O)cc1C(F)(F)F.CCc1ccc(NC2CCC(=O)NC2=O)cc1. The first kappa shape index (κ1) is 33.3. The number of rotatable bonds is 6. The van der Waals surface area contributed by atoms with Gasteiger partial charge in [-0.1, -0.05) is 52.8 Å². The monoisotopic (exact) mass is 576 g/mol. The largest absolute Gasteiger partial charge is 0.416 e. The molecular formula is C30H39F3N4O4. The van der Waals surface area contributed by atoms with Gasteiger partial charge >= 0.3 is 6.18 Å². The number of aryl methyl sites for hydroxylation is 1. The molecular weight excluding hydrogens is 537 g/mol. The molecule has 2 unspecified atom stereocenters. The van der Waals surface area contributed by atoms with E-state index < -0.39 is 23.7 Å². The van der Waals surface area contributed by atoms with Crippen LogP contribution in [0.15, 0.2) is 42.5 Å². The van der Waals surface area contributed by atoms with E-state index in [1.54, 1.807) is 13.8 Å². The predicted octanol–water partition coefficient (Wildman–Crippen LogP) is 5.54. The van der Waals surface area contributed by atoms with Crippen molar-refractivity contribution in [2.75, 3.05) is 10.6 Å². The Morgan fingerprint density at radius 1 is 0.805 bits per heavy atom. The van der Waals surface area contributed by atoms with Crippen LogP contribution >= 0.6 is 0 Å². The number of amides is 4. The predicted molar refractivity (Wildman–Crippen MR) is 152 cm³/mol. The number of carbonyl (C=O) groups excluding carboxylic acids is 4. The Kier molecular flexibility index (Phi) is 12.4. The Balaban J connectivity index is 0.000000278. The molecule has 41 heavy (non-hydrogen) atoms. The lowest BCUT2D eigenvalue weighted by atomic mass is 9.96. The molecule has 0 bridgehead atoms. The summed E-state index contributed by atoms with van der Waals surface area (Å²) in [5.74, 6) is -1.57. The number of imide groups is 2. The van der Waals surface area contributed by atoms with Crippen LogP contribution in [0.1, 0.15) is 82.9 Å². The topological polar surface area (TPSA) is 116 Å². The molecule has 0 radical (unpaired) electrons. The molecule has 2 aromatic carbocycles. The fourth-order valence-corrected chi connectivity index (χ4v) is 4.30. The number of benzene rings is 2. The Morgan fingerprint density at radius 3 is 1.68 bits per heavy atom. The van der Waals surface area contributed by atoms with Crippen LogP contribution in [0.5, 0.6) is 0 Å². The van der Waals surface area contributed by atoms with Crippen molar-refractivity contribution < 1.29 is 32.3 Å². The van der Waals surface area contributed by atoms with Gasteiger partial charge < -0.3 is 10.6 Å². The molecule has 2 aromatic rings. The molecule has 4 N–H and O–H groups in total. The Hall–Kier alpha value is -3.89. The van der Waals surface area contributed by atoms with Gasteiger partial charge in [-0.05, 0) is 60.6 Å². The third-order valence-corrected chi connectivity index (χ3v) is 6.50. The second-order valence-electron chi connectivity index (χ2n) is 9.80. The summed E-state index contributed by atoms with van der Waals surface area (Å²) in [6.45, 7) is 9.48. The highest BCUT2D eigenvalue weighted by atomic mass is 19.4. The summed E-state index contributed by atoms with van der Waals surface area (Å²) in [6.07, 6.45) is -2.07. The molecule has 224 valence electrons. The smallest absolute Gasteiger partial charge is 0.374 e. The highest BCUT2D eigenvalue weighted by molar-refractivity contribution is 6.02. The lowest BCUT2D eigenvalue weighted by Crippen LogP contribution is -2.47. The number of piperidine rings is 2. The van der Waals surface area contributed by atoms with Gasteiger partial charge in [0.1, 0.15) is 12.1 Å². The maximum absolute atomic E-state index is 13.1. The summed E-state index contributed by atoms with van der Waals surface area (Å²) in [5, 5.41) is 10.4. The lowest BCUT2D eigenvalue weighted by molar-refractivity contribution is -0.138. The lowest BCUT2D eigenvalue weighted by Gasteiger charge is -2.24. The molecule has 0 spiro atoms. The van der Waals surface area contributed by atoms with E-state index >= 15 is 0 Å². The number of nitrogens with one attached hydrogen (secondary N) is 4. The van der Waals surface area contributed by atoms with Crippen LogP contribution in [0.2, 0.25) is 0 Å². The Labute approximate surface area is 238 Å². The first-order valence-electron chi connectivity index (χ1n) is 13.9. The van der Waals surface area contributed by atoms with Crippen molar-refractivity contribution in [1.82, 2.24) is 10.6 Å². The van der Waals surface area contributed by atoms with Crippen molar-refractivity contribution in [2.45, 2.75) is 90.9 Å². The van der Waals surface area contributed by atoms with Gasteiger partial charge in [0.05, 0.1) is 5.56 Å². The van der Waals surface area contributed by atoms with E-state index in [2.05, 4.69) is 28.2 Å². The molecule has 2 aliphatic rings. The van der Waals surface area contributed by atoms with Crippen LogP contribution in [0.3, 0.4) is 0 Å². The Bertz CT molecular complexity index is 1210. The summed E-state index contributed by atoms with van der Waals surface area (Å²) in [6, 6.07) is 10.9. The number of hydrogen-bond acceptors (Lipinski definition) is 6. The van der Waals surface area contributed by atoms with Gasteiger partial charge in [-0.25, -0.2) is 0 Å². The summed E-state index contributed by atoms with van der Waals surface area (Å²) in [4.78, 5) is 45.3. The average Bonchev–Trinajstić information content (AvgIpc) is 2.93. The van der Waals surface area contributed by atoms with E-state index in [-0.39, 0.29) is 53.8 Å². The normalized spacial score (nSPS) is 18.8. The minimum absolute atomic E-state index is 0.166. The maximum atomic E-state index is 13.1. The van der Waals surface area contributed by atoms with Crippen molar-refractivity contribution in [2.24, 2.45) is 0 Å². The second kappa shape index (κ2) is 15.2. The number of alkyl halides is 3. The van der Waals surface area contributed by atoms with Crippen molar-refractivity contribution in [1.29, 1.82) is 0 Å². The molecule has 4 rings (SSSR count). The van der Waals surface area contributed by atoms with E-state index in [1.165, 1.54) is 17.7 Å². The van der Waals surface area contributed by atoms with Gasteiger partial charge in [0, 0.05) is 24.2 Å². The van der Waals surface area contributed by atoms with Crippen LogP contribution in [0, 0.1) is 0 Å². The number of halogens is 3. The molecule has 0 saturated carbocycles. The highest BCUT2D eigenvalue weighted by Gasteiger charge is 2.35. The molecule has 8 nitrogen and oxygen atoms in total. The van der Waals surface area contributed by atoms with Crippen LogP contribution in [0.4, 0.5) is 24.5 Å². The molecule has 2 heterocycles. The molecule has 2 saturated heterocycles. The summed E-state index contributed by atoms with van der Waals surface area (Å²) < 4.78 is 39.4. The van der Waals surface area contributed by atoms with Crippen molar-refractivity contribution >= 4 is 35.0 Å². The number of hydrogen-bond donors (Lipinski definition) is 4. The minimum atomic E-state index is -4.46. The standard InChI is InChI=1S/C15H17F3N2O2.C13H16N2O2.C2H6/c1-8(2)10-4-3-9(7-11(10)15(16,17)18)19-12-5-6-13(21)20-14(12)22;1-2-9-3-5-10(6-4-9)14-11-7-8-12(16)15-13(11)17;1-2/h3-4,7-8,12,19H,5-6H2,1-2H3,(H,20,21,22);3-6,11,14H,2,7-8H2,1H3,(H,15,16,17);1-2H3. The van der Waals surface area contributed by atoms with Gasteiger partial charge in [-0.3, -0.25) is 29.8 Å². The fourth-order valence-electron chi connectivity index (χ4n) is 4.30. The third-order valence-electron chi connectivity index (χ3n) is 6.50. The number of carbonyl (C=O) groups is 4. The van der Waals surface area contributed by atoms with Crippen LogP contribution < -0.4 is 21.3 Å². The van der Waals surface area contributed by atoms with Crippen molar-refractivity contribution in [3.05, 3.63) is 59.2 Å². The summed E-state index contributed by atoms with van der Waals surface area (Å²) in [7, 11) is 0. The van der Waals surface area contributed by atoms with Crippen LogP contribution in [0.25, 0.3) is 0 Å². The minimum Gasteiger partial charge on any atom is -0.374 e. The van der Waals surface area contributed by atoms with Crippen molar-refractivity contribution in [3.63, 3.8) is 0 Å². The first-order valence-corrected chi connectivity index (χ1v) is 13.9. The molecule has 0 aromatic heterocycles. The van der Waals surface area contributed by atoms with Gasteiger partial charge in [0.25, 0.3) is 0 Å². The third kappa shape index (κ3) is 9.91. The van der Waals surface area contributed by atoms with E-state index in [4.69, 9.17) is 0 Å². The zero-order valence-electron chi connectivity index (χ0n) is 24.1. The molecule has 4 amide bonds. The Morgan fingerprint density at radius 2 is 1.27 bits per heavy atom. The van der Waals surface area contributed by atoms with E-state index in [1.807, 2.05) is 38.1 Å². The summed E-state index contributed by atoms with van der Waals surface area (Å²) in [5.41, 5.74) is 1.89. The van der Waals surface area contributed by atoms with Gasteiger partial charge in [-0.2, -0.15) is 13.2 Å². The van der Waals surface area contributed by atoms with E-state index in [0.29, 0.717) is 12.8 Å². The van der Waals surface area contributed by atoms with Gasteiger partial charge in [0.15, 0.2) is 0 Å². The maximum Gasteiger partial charge on any atom is 0.416 e. The van der Waals surface area contributed by atoms with Crippen LogP contribution in [-0.4, -0.2) is 35.7 Å². The molecule has 2 aliphatic heterocycles. The average molecular weight is 577 g/mol. The fraction of sp³-hybridized carbons (Fsp3) is 0.467. The zero-order chi connectivity index (χ0) is 30.7. The quantitative estimate of drug-likeness (QED) is 0.336. The highest BCUT2D eigenvalue weighted by Crippen LogP contribution is 2.37.